The first-order valence-corrected chi connectivity index (χ1v) is 4.39. The Morgan fingerprint density at radius 3 is 2.94 bits per heavy atom. The molecule has 0 aliphatic rings. The summed E-state index contributed by atoms with van der Waals surface area (Å²) < 4.78 is 9.31. The monoisotopic (exact) mass is 221 g/mol. The van der Waals surface area contributed by atoms with Crippen LogP contribution in [-0.2, 0) is 9.53 Å². The van der Waals surface area contributed by atoms with Crippen LogP contribution in [0.4, 0.5) is 5.82 Å². The number of nitrogens with zero attached hydrogens (tertiary/aromatic N) is 2. The largest absolute Gasteiger partial charge is 0.478 e. The van der Waals surface area contributed by atoms with Gasteiger partial charge < -0.3 is 15.2 Å². The van der Waals surface area contributed by atoms with Crippen LogP contribution in [0.1, 0.15) is 12.1 Å². The van der Waals surface area contributed by atoms with Gasteiger partial charge in [0.05, 0.1) is 20.4 Å². The molecule has 84 valence electrons. The smallest absolute Gasteiger partial charge is 0.317 e. The van der Waals surface area contributed by atoms with Crippen molar-refractivity contribution in [3.63, 3.8) is 0 Å². The Bertz CT molecular complexity index is 448. The third kappa shape index (κ3) is 3.13. The molecule has 0 amide bonds. The molecule has 0 radical (unpaired) electrons. The summed E-state index contributed by atoms with van der Waals surface area (Å²) >= 11 is 0. The summed E-state index contributed by atoms with van der Waals surface area (Å²) in [6.07, 6.45) is 1.41. The molecular formula is C10H11N3O3. The summed E-state index contributed by atoms with van der Waals surface area (Å²) in [5, 5.41) is 0. The van der Waals surface area contributed by atoms with Gasteiger partial charge >= 0.3 is 5.97 Å². The van der Waals surface area contributed by atoms with E-state index in [1.165, 1.54) is 20.4 Å². The van der Waals surface area contributed by atoms with Crippen LogP contribution in [0.5, 0.6) is 5.88 Å². The highest BCUT2D eigenvalue weighted by molar-refractivity contribution is 5.72. The highest BCUT2D eigenvalue weighted by Gasteiger charge is 2.02. The van der Waals surface area contributed by atoms with E-state index in [-0.39, 0.29) is 18.1 Å². The second-order valence-electron chi connectivity index (χ2n) is 2.70. The predicted octanol–water partition coefficient (Wildman–Crippen LogP) is -0.0180. The van der Waals surface area contributed by atoms with Crippen LogP contribution in [0.25, 0.3) is 0 Å². The molecule has 0 unspecified atom stereocenters. The summed E-state index contributed by atoms with van der Waals surface area (Å²) in [6, 6.07) is 0. The van der Waals surface area contributed by atoms with E-state index in [4.69, 9.17) is 10.5 Å². The fourth-order valence-electron chi connectivity index (χ4n) is 0.871. The SMILES string of the molecule is COC(=O)CC#Cc1cnc(N)c(OC)n1. The molecule has 0 bridgehead atoms. The van der Waals surface area contributed by atoms with Gasteiger partial charge in [-0.1, -0.05) is 5.92 Å². The molecule has 0 aliphatic heterocycles. The van der Waals surface area contributed by atoms with Gasteiger partial charge in [-0.05, 0) is 5.92 Å². The molecule has 16 heavy (non-hydrogen) atoms. The fourth-order valence-corrected chi connectivity index (χ4v) is 0.871. The predicted molar refractivity (Wildman–Crippen MR) is 56.5 cm³/mol. The highest BCUT2D eigenvalue weighted by atomic mass is 16.5. The lowest BCUT2D eigenvalue weighted by molar-refractivity contribution is -0.139. The summed E-state index contributed by atoms with van der Waals surface area (Å²) in [5.74, 6) is 5.26. The third-order valence-electron chi connectivity index (χ3n) is 1.64. The van der Waals surface area contributed by atoms with Gasteiger partial charge in [0.25, 0.3) is 5.88 Å². The normalized spacial score (nSPS) is 8.88. The van der Waals surface area contributed by atoms with Crippen LogP contribution in [0.15, 0.2) is 6.20 Å². The first kappa shape index (κ1) is 11.8. The Morgan fingerprint density at radius 1 is 1.56 bits per heavy atom. The maximum atomic E-state index is 10.8. The van der Waals surface area contributed by atoms with Gasteiger partial charge in [0.2, 0.25) is 0 Å². The quantitative estimate of drug-likeness (QED) is 0.558. The molecule has 0 fully saturated rings. The van der Waals surface area contributed by atoms with E-state index in [0.29, 0.717) is 5.69 Å². The first-order valence-electron chi connectivity index (χ1n) is 4.39. The second-order valence-corrected chi connectivity index (χ2v) is 2.70. The van der Waals surface area contributed by atoms with Crippen LogP contribution in [-0.4, -0.2) is 30.2 Å². The van der Waals surface area contributed by atoms with Crippen molar-refractivity contribution in [2.24, 2.45) is 0 Å². The Morgan fingerprint density at radius 2 is 2.31 bits per heavy atom. The zero-order chi connectivity index (χ0) is 12.0. The van der Waals surface area contributed by atoms with Crippen molar-refractivity contribution < 1.29 is 14.3 Å². The van der Waals surface area contributed by atoms with Gasteiger partial charge in [-0.25, -0.2) is 4.98 Å². The minimum atomic E-state index is -0.400. The van der Waals surface area contributed by atoms with Crippen LogP contribution in [0.2, 0.25) is 0 Å². The second kappa shape index (κ2) is 5.56. The number of esters is 1. The third-order valence-corrected chi connectivity index (χ3v) is 1.64. The number of carbonyl (C=O) groups excluding carboxylic acids is 1. The van der Waals surface area contributed by atoms with E-state index in [2.05, 4.69) is 26.5 Å². The van der Waals surface area contributed by atoms with E-state index >= 15 is 0 Å². The van der Waals surface area contributed by atoms with Crippen molar-refractivity contribution >= 4 is 11.8 Å². The molecule has 1 aromatic rings. The van der Waals surface area contributed by atoms with Crippen molar-refractivity contribution in [3.8, 4) is 17.7 Å². The lowest BCUT2D eigenvalue weighted by Crippen LogP contribution is -2.00. The van der Waals surface area contributed by atoms with Gasteiger partial charge in [0.1, 0.15) is 12.1 Å². The molecule has 0 aromatic carbocycles. The fraction of sp³-hybridized carbons (Fsp3) is 0.300. The minimum Gasteiger partial charge on any atom is -0.478 e. The highest BCUT2D eigenvalue weighted by Crippen LogP contribution is 2.13. The van der Waals surface area contributed by atoms with Crippen molar-refractivity contribution in [2.45, 2.75) is 6.42 Å². The zero-order valence-corrected chi connectivity index (χ0v) is 8.98. The topological polar surface area (TPSA) is 87.3 Å². The number of hydrogen-bond donors (Lipinski definition) is 1. The van der Waals surface area contributed by atoms with Crippen LogP contribution < -0.4 is 10.5 Å². The van der Waals surface area contributed by atoms with E-state index in [0.717, 1.165) is 0 Å². The molecule has 0 saturated heterocycles. The molecule has 2 N–H and O–H groups in total. The molecule has 6 heteroatoms. The number of nitrogens with two attached hydrogens (primary N) is 1. The molecule has 1 rings (SSSR count). The Labute approximate surface area is 92.8 Å². The van der Waals surface area contributed by atoms with Crippen molar-refractivity contribution in [1.29, 1.82) is 0 Å². The van der Waals surface area contributed by atoms with Crippen molar-refractivity contribution in [2.75, 3.05) is 20.0 Å². The summed E-state index contributed by atoms with van der Waals surface area (Å²) in [7, 11) is 2.74. The molecule has 0 atom stereocenters. The van der Waals surface area contributed by atoms with E-state index in [1.807, 2.05) is 0 Å². The first-order chi connectivity index (χ1) is 7.67. The average Bonchev–Trinajstić information content (AvgIpc) is 2.31. The Hall–Kier alpha value is -2.29. The number of hydrogen-bond acceptors (Lipinski definition) is 6. The molecule has 1 heterocycles. The van der Waals surface area contributed by atoms with E-state index in [1.54, 1.807) is 0 Å². The number of aromatic nitrogens is 2. The van der Waals surface area contributed by atoms with Gasteiger partial charge in [-0.2, -0.15) is 4.98 Å². The number of rotatable bonds is 2. The maximum absolute atomic E-state index is 10.8. The Kier molecular flexibility index (Phi) is 4.09. The molecule has 0 saturated carbocycles. The molecule has 0 aliphatic carbocycles. The average molecular weight is 221 g/mol. The maximum Gasteiger partial charge on any atom is 0.317 e. The molecule has 0 spiro atoms. The molecule has 1 aromatic heterocycles. The van der Waals surface area contributed by atoms with Crippen LogP contribution >= 0.6 is 0 Å². The van der Waals surface area contributed by atoms with Crippen molar-refractivity contribution in [3.05, 3.63) is 11.9 Å². The number of methoxy groups -OCH3 is 2. The standard InChI is InChI=1S/C10H11N3O3/c1-15-8(14)5-3-4-7-6-12-9(11)10(13-7)16-2/h6H,5H2,1-2H3,(H2,11,12). The lowest BCUT2D eigenvalue weighted by atomic mass is 10.4. The molecule has 6 nitrogen and oxygen atoms in total. The minimum absolute atomic E-state index is 0.00483. The summed E-state index contributed by atoms with van der Waals surface area (Å²) in [6.45, 7) is 0. The number of nitrogen functional groups attached to an aromatic ring is 1. The lowest BCUT2D eigenvalue weighted by Gasteiger charge is -2.00. The van der Waals surface area contributed by atoms with Gasteiger partial charge in [0, 0.05) is 0 Å². The van der Waals surface area contributed by atoms with Crippen LogP contribution in [0.3, 0.4) is 0 Å². The number of ether oxygens (including phenoxy) is 2. The summed E-state index contributed by atoms with van der Waals surface area (Å²) in [5.41, 5.74) is 5.86. The molecular weight excluding hydrogens is 210 g/mol. The van der Waals surface area contributed by atoms with Gasteiger partial charge in [-0.15, -0.1) is 0 Å². The number of anilines is 1. The van der Waals surface area contributed by atoms with E-state index in [9.17, 15) is 4.79 Å². The van der Waals surface area contributed by atoms with E-state index < -0.39 is 5.97 Å². The van der Waals surface area contributed by atoms with Crippen molar-refractivity contribution in [1.82, 2.24) is 9.97 Å². The summed E-state index contributed by atoms with van der Waals surface area (Å²) in [4.78, 5) is 18.6. The number of carbonyl (C=O) groups is 1. The van der Waals surface area contributed by atoms with Crippen LogP contribution in [0, 0.1) is 11.8 Å². The van der Waals surface area contributed by atoms with Gasteiger partial charge in [-0.3, -0.25) is 4.79 Å². The zero-order valence-electron chi connectivity index (χ0n) is 8.98. The van der Waals surface area contributed by atoms with Gasteiger partial charge in [0.15, 0.2) is 5.82 Å². The Balaban J connectivity index is 2.78.